The molecule has 0 aromatic heterocycles. The maximum atomic E-state index is 11.9. The molecule has 0 aromatic rings. The van der Waals surface area contributed by atoms with Crippen molar-refractivity contribution in [1.29, 1.82) is 0 Å². The van der Waals surface area contributed by atoms with E-state index >= 15 is 0 Å². The predicted octanol–water partition coefficient (Wildman–Crippen LogP) is 2.27. The maximum absolute atomic E-state index is 11.9. The van der Waals surface area contributed by atoms with Gasteiger partial charge in [-0.05, 0) is 41.5 Å². The molecule has 0 aromatic carbocycles. The van der Waals surface area contributed by atoms with Crippen LogP contribution in [0.3, 0.4) is 0 Å². The molecular formula is C14H25NO5. The zero-order chi connectivity index (χ0) is 15.8. The third-order valence-electron chi connectivity index (χ3n) is 2.61. The Hall–Kier alpha value is -1.30. The molecule has 0 unspecified atom stereocenters. The van der Waals surface area contributed by atoms with Gasteiger partial charge >= 0.3 is 12.1 Å². The first-order valence-corrected chi connectivity index (χ1v) is 6.72. The summed E-state index contributed by atoms with van der Waals surface area (Å²) in [5, 5.41) is 9.01. The number of carbonyl (C=O) groups is 2. The van der Waals surface area contributed by atoms with E-state index in [-0.39, 0.29) is 19.5 Å². The number of ether oxygens (including phenoxy) is 2. The van der Waals surface area contributed by atoms with Gasteiger partial charge in [-0.1, -0.05) is 0 Å². The molecule has 6 heteroatoms. The van der Waals surface area contributed by atoms with Gasteiger partial charge in [-0.2, -0.15) is 0 Å². The van der Waals surface area contributed by atoms with Gasteiger partial charge in [0.25, 0.3) is 0 Å². The minimum absolute atomic E-state index is 0.121. The van der Waals surface area contributed by atoms with Crippen LogP contribution in [0.2, 0.25) is 0 Å². The summed E-state index contributed by atoms with van der Waals surface area (Å²) in [6.07, 6.45) is -0.556. The molecular weight excluding hydrogens is 262 g/mol. The minimum Gasteiger partial charge on any atom is -0.481 e. The topological polar surface area (TPSA) is 76.1 Å². The van der Waals surface area contributed by atoms with E-state index in [4.69, 9.17) is 14.6 Å². The van der Waals surface area contributed by atoms with Crippen molar-refractivity contribution in [2.75, 3.05) is 13.1 Å². The fourth-order valence-electron chi connectivity index (χ4n) is 2.24. The summed E-state index contributed by atoms with van der Waals surface area (Å²) >= 11 is 0. The van der Waals surface area contributed by atoms with Crippen LogP contribution >= 0.6 is 0 Å². The van der Waals surface area contributed by atoms with Crippen LogP contribution < -0.4 is 0 Å². The number of carboxylic acids is 1. The second-order valence-electron chi connectivity index (χ2n) is 7.30. The van der Waals surface area contributed by atoms with E-state index in [0.29, 0.717) is 0 Å². The van der Waals surface area contributed by atoms with Gasteiger partial charge in [-0.15, -0.1) is 0 Å². The molecule has 1 heterocycles. The van der Waals surface area contributed by atoms with Crippen molar-refractivity contribution in [3.05, 3.63) is 0 Å². The predicted molar refractivity (Wildman–Crippen MR) is 73.6 cm³/mol. The molecule has 6 nitrogen and oxygen atoms in total. The summed E-state index contributed by atoms with van der Waals surface area (Å²) in [7, 11) is 0. The molecule has 1 fully saturated rings. The zero-order valence-electron chi connectivity index (χ0n) is 13.1. The first-order chi connectivity index (χ1) is 8.82. The Balaban J connectivity index is 2.66. The fourth-order valence-corrected chi connectivity index (χ4v) is 2.24. The lowest BCUT2D eigenvalue weighted by Crippen LogP contribution is -2.67. The highest BCUT2D eigenvalue weighted by Gasteiger charge is 2.50. The van der Waals surface area contributed by atoms with Crippen molar-refractivity contribution in [1.82, 2.24) is 4.90 Å². The van der Waals surface area contributed by atoms with Gasteiger partial charge in [0.1, 0.15) is 11.2 Å². The molecule has 0 atom stereocenters. The van der Waals surface area contributed by atoms with Crippen LogP contribution in [-0.4, -0.2) is 52.0 Å². The van der Waals surface area contributed by atoms with Gasteiger partial charge in [0.05, 0.1) is 25.1 Å². The number of aliphatic carboxylic acids is 1. The smallest absolute Gasteiger partial charge is 0.410 e. The Kier molecular flexibility index (Phi) is 4.39. The van der Waals surface area contributed by atoms with E-state index in [2.05, 4.69) is 0 Å². The standard InChI is InChI=1S/C14H25NO5/c1-12(2,3)19-11(18)15-8-14(9-15,7-10(16)17)20-13(4,5)6/h7-9H2,1-6H3,(H,16,17). The Morgan fingerprint density at radius 1 is 1.10 bits per heavy atom. The normalized spacial score (nSPS) is 18.4. The molecule has 116 valence electrons. The van der Waals surface area contributed by atoms with Gasteiger partial charge in [-0.25, -0.2) is 4.79 Å². The van der Waals surface area contributed by atoms with Gasteiger partial charge in [0.15, 0.2) is 0 Å². The van der Waals surface area contributed by atoms with Gasteiger partial charge in [0.2, 0.25) is 0 Å². The van der Waals surface area contributed by atoms with E-state index in [1.807, 2.05) is 20.8 Å². The van der Waals surface area contributed by atoms with E-state index in [1.165, 1.54) is 4.90 Å². The van der Waals surface area contributed by atoms with Gasteiger partial charge in [0, 0.05) is 0 Å². The van der Waals surface area contributed by atoms with E-state index in [9.17, 15) is 9.59 Å². The number of hydrogen-bond acceptors (Lipinski definition) is 4. The quantitative estimate of drug-likeness (QED) is 0.861. The lowest BCUT2D eigenvalue weighted by atomic mass is 9.89. The highest BCUT2D eigenvalue weighted by Crippen LogP contribution is 2.34. The molecule has 1 saturated heterocycles. The van der Waals surface area contributed by atoms with Crippen molar-refractivity contribution in [2.24, 2.45) is 0 Å². The molecule has 0 radical (unpaired) electrons. The summed E-state index contributed by atoms with van der Waals surface area (Å²) in [4.78, 5) is 24.3. The summed E-state index contributed by atoms with van der Waals surface area (Å²) in [6.45, 7) is 11.5. The van der Waals surface area contributed by atoms with Crippen molar-refractivity contribution >= 4 is 12.1 Å². The van der Waals surface area contributed by atoms with E-state index < -0.39 is 28.9 Å². The van der Waals surface area contributed by atoms with Gasteiger partial charge < -0.3 is 19.5 Å². The number of carbonyl (C=O) groups excluding carboxylic acids is 1. The summed E-state index contributed by atoms with van der Waals surface area (Å²) in [5.41, 5.74) is -1.84. The van der Waals surface area contributed by atoms with Crippen LogP contribution in [0.15, 0.2) is 0 Å². The largest absolute Gasteiger partial charge is 0.481 e. The molecule has 0 bridgehead atoms. The van der Waals surface area contributed by atoms with Crippen LogP contribution in [0.1, 0.15) is 48.0 Å². The van der Waals surface area contributed by atoms with Crippen molar-refractivity contribution in [3.8, 4) is 0 Å². The van der Waals surface area contributed by atoms with Crippen LogP contribution in [0, 0.1) is 0 Å². The highest BCUT2D eigenvalue weighted by atomic mass is 16.6. The molecule has 1 amide bonds. The Morgan fingerprint density at radius 3 is 1.95 bits per heavy atom. The molecule has 1 rings (SSSR count). The molecule has 1 aliphatic rings. The van der Waals surface area contributed by atoms with E-state index in [1.54, 1.807) is 20.8 Å². The molecule has 20 heavy (non-hydrogen) atoms. The number of rotatable bonds is 3. The molecule has 1 aliphatic heterocycles. The minimum atomic E-state index is -0.932. The lowest BCUT2D eigenvalue weighted by molar-refractivity contribution is -0.202. The van der Waals surface area contributed by atoms with E-state index in [0.717, 1.165) is 0 Å². The Morgan fingerprint density at radius 2 is 1.60 bits per heavy atom. The van der Waals surface area contributed by atoms with Crippen LogP contribution in [0.25, 0.3) is 0 Å². The zero-order valence-corrected chi connectivity index (χ0v) is 13.1. The maximum Gasteiger partial charge on any atom is 0.410 e. The third-order valence-corrected chi connectivity index (χ3v) is 2.61. The highest BCUT2D eigenvalue weighted by molar-refractivity contribution is 5.72. The molecule has 0 aliphatic carbocycles. The van der Waals surface area contributed by atoms with Crippen molar-refractivity contribution < 1.29 is 24.2 Å². The van der Waals surface area contributed by atoms with Crippen molar-refractivity contribution in [2.45, 2.75) is 64.8 Å². The van der Waals surface area contributed by atoms with Gasteiger partial charge in [-0.3, -0.25) is 4.79 Å². The second-order valence-corrected chi connectivity index (χ2v) is 7.30. The Labute approximate surface area is 120 Å². The first-order valence-electron chi connectivity index (χ1n) is 6.72. The number of likely N-dealkylation sites (tertiary alicyclic amines) is 1. The van der Waals surface area contributed by atoms with Crippen LogP contribution in [-0.2, 0) is 14.3 Å². The first kappa shape index (κ1) is 16.8. The summed E-state index contributed by atoms with van der Waals surface area (Å²) in [5.74, 6) is -0.932. The third kappa shape index (κ3) is 5.00. The number of carboxylic acid groups (broad SMARTS) is 1. The van der Waals surface area contributed by atoms with Crippen molar-refractivity contribution in [3.63, 3.8) is 0 Å². The fraction of sp³-hybridized carbons (Fsp3) is 0.857. The number of amides is 1. The SMILES string of the molecule is CC(C)(C)OC(=O)N1CC(CC(=O)O)(OC(C)(C)C)C1. The lowest BCUT2D eigenvalue weighted by Gasteiger charge is -2.51. The van der Waals surface area contributed by atoms with Crippen LogP contribution in [0.5, 0.6) is 0 Å². The average Bonchev–Trinajstić information content (AvgIpc) is 2.06. The number of nitrogens with zero attached hydrogens (tertiary/aromatic N) is 1. The Bertz CT molecular complexity index is 385. The molecule has 1 N–H and O–H groups in total. The summed E-state index contributed by atoms with van der Waals surface area (Å²) in [6, 6.07) is 0. The van der Waals surface area contributed by atoms with Crippen LogP contribution in [0.4, 0.5) is 4.79 Å². The molecule has 0 spiro atoms. The molecule has 0 saturated carbocycles. The summed E-state index contributed by atoms with van der Waals surface area (Å²) < 4.78 is 11.1. The number of hydrogen-bond donors (Lipinski definition) is 1. The monoisotopic (exact) mass is 287 g/mol. The average molecular weight is 287 g/mol. The second kappa shape index (κ2) is 5.24.